The summed E-state index contributed by atoms with van der Waals surface area (Å²) in [6.07, 6.45) is 3.85. The summed E-state index contributed by atoms with van der Waals surface area (Å²) < 4.78 is 17.1. The van der Waals surface area contributed by atoms with Crippen molar-refractivity contribution < 1.29 is 14.2 Å². The van der Waals surface area contributed by atoms with Crippen LogP contribution < -0.4 is 10.2 Å². The van der Waals surface area contributed by atoms with Crippen LogP contribution in [0.15, 0.2) is 47.4 Å². The van der Waals surface area contributed by atoms with Crippen LogP contribution in [0, 0.1) is 12.8 Å². The van der Waals surface area contributed by atoms with E-state index in [9.17, 15) is 4.79 Å². The quantitative estimate of drug-likeness (QED) is 0.661. The average molecular weight is 394 g/mol. The summed E-state index contributed by atoms with van der Waals surface area (Å²) in [4.78, 5) is 20.1. The molecule has 152 valence electrons. The standard InChI is InChI=1S/C23H26N2O4/c1-16-21(25-20-5-3-2-4-19(20)23(16)26)15-29-22-12-18(6-9-24-22)14-28-13-17-7-10-27-11-8-17/h2-6,9,12,17H,7-8,10-11,13-15H2,1H3,(H,25,26). The van der Waals surface area contributed by atoms with Crippen molar-refractivity contribution in [3.63, 3.8) is 0 Å². The van der Waals surface area contributed by atoms with Gasteiger partial charge in [-0.25, -0.2) is 4.98 Å². The first kappa shape index (κ1) is 19.6. The first-order chi connectivity index (χ1) is 14.2. The molecule has 1 N–H and O–H groups in total. The molecule has 4 rings (SSSR count). The molecule has 0 radical (unpaired) electrons. The number of aromatic amines is 1. The van der Waals surface area contributed by atoms with E-state index >= 15 is 0 Å². The Morgan fingerprint density at radius 3 is 2.86 bits per heavy atom. The number of pyridine rings is 2. The number of para-hydroxylation sites is 1. The summed E-state index contributed by atoms with van der Waals surface area (Å²) in [6.45, 7) is 5.01. The molecule has 1 aliphatic heterocycles. The molecule has 1 aliphatic rings. The van der Waals surface area contributed by atoms with Crippen molar-refractivity contribution in [3.8, 4) is 5.88 Å². The van der Waals surface area contributed by atoms with Crippen molar-refractivity contribution in [2.24, 2.45) is 5.92 Å². The number of nitrogens with zero attached hydrogens (tertiary/aromatic N) is 1. The van der Waals surface area contributed by atoms with Crippen LogP contribution in [0.1, 0.15) is 29.7 Å². The molecule has 0 saturated carbocycles. The Hall–Kier alpha value is -2.70. The van der Waals surface area contributed by atoms with Gasteiger partial charge in [-0.05, 0) is 49.4 Å². The highest BCUT2D eigenvalue weighted by atomic mass is 16.5. The molecule has 6 nitrogen and oxygen atoms in total. The van der Waals surface area contributed by atoms with Gasteiger partial charge in [-0.2, -0.15) is 0 Å². The molecule has 1 fully saturated rings. The third-order valence-electron chi connectivity index (χ3n) is 5.38. The predicted molar refractivity (Wildman–Crippen MR) is 111 cm³/mol. The van der Waals surface area contributed by atoms with E-state index in [0.717, 1.165) is 49.4 Å². The van der Waals surface area contributed by atoms with Crippen molar-refractivity contribution in [3.05, 3.63) is 69.6 Å². The maximum absolute atomic E-state index is 12.5. The number of hydrogen-bond acceptors (Lipinski definition) is 5. The first-order valence-corrected chi connectivity index (χ1v) is 10.0. The molecule has 0 amide bonds. The third-order valence-corrected chi connectivity index (χ3v) is 5.38. The van der Waals surface area contributed by atoms with Crippen LogP contribution in [0.5, 0.6) is 5.88 Å². The molecular weight excluding hydrogens is 368 g/mol. The molecule has 0 aliphatic carbocycles. The van der Waals surface area contributed by atoms with E-state index in [1.165, 1.54) is 0 Å². The predicted octanol–water partition coefficient (Wildman–Crippen LogP) is 3.75. The molecule has 2 aromatic heterocycles. The summed E-state index contributed by atoms with van der Waals surface area (Å²) in [5, 5.41) is 0.690. The van der Waals surface area contributed by atoms with Crippen LogP contribution in [0.25, 0.3) is 10.9 Å². The largest absolute Gasteiger partial charge is 0.471 e. The highest BCUT2D eigenvalue weighted by Crippen LogP contribution is 2.18. The molecular formula is C23H26N2O4. The number of fused-ring (bicyclic) bond motifs is 1. The molecule has 3 heterocycles. The van der Waals surface area contributed by atoms with E-state index < -0.39 is 0 Å². The van der Waals surface area contributed by atoms with E-state index in [4.69, 9.17) is 14.2 Å². The zero-order valence-corrected chi connectivity index (χ0v) is 16.6. The highest BCUT2D eigenvalue weighted by molar-refractivity contribution is 5.79. The van der Waals surface area contributed by atoms with Gasteiger partial charge in [-0.3, -0.25) is 4.79 Å². The molecule has 1 saturated heterocycles. The number of hydrogen-bond donors (Lipinski definition) is 1. The van der Waals surface area contributed by atoms with Gasteiger partial charge in [0, 0.05) is 41.9 Å². The number of nitrogens with one attached hydrogen (secondary N) is 1. The van der Waals surface area contributed by atoms with Gasteiger partial charge in [0.15, 0.2) is 5.43 Å². The van der Waals surface area contributed by atoms with Gasteiger partial charge in [0.1, 0.15) is 6.61 Å². The fourth-order valence-electron chi connectivity index (χ4n) is 3.55. The lowest BCUT2D eigenvalue weighted by atomic mass is 10.0. The topological polar surface area (TPSA) is 73.4 Å². The normalized spacial score (nSPS) is 14.9. The summed E-state index contributed by atoms with van der Waals surface area (Å²) >= 11 is 0. The number of rotatable bonds is 7. The summed E-state index contributed by atoms with van der Waals surface area (Å²) in [5.41, 5.74) is 3.29. The van der Waals surface area contributed by atoms with Crippen molar-refractivity contribution >= 4 is 10.9 Å². The molecule has 0 atom stereocenters. The minimum Gasteiger partial charge on any atom is -0.471 e. The minimum absolute atomic E-state index is 0.0289. The fraction of sp³-hybridized carbons (Fsp3) is 0.391. The maximum Gasteiger partial charge on any atom is 0.213 e. The molecule has 29 heavy (non-hydrogen) atoms. The zero-order valence-electron chi connectivity index (χ0n) is 16.6. The number of ether oxygens (including phenoxy) is 3. The second-order valence-corrected chi connectivity index (χ2v) is 7.47. The Balaban J connectivity index is 1.37. The van der Waals surface area contributed by atoms with Crippen LogP contribution in [0.3, 0.4) is 0 Å². The van der Waals surface area contributed by atoms with Crippen molar-refractivity contribution in [1.29, 1.82) is 0 Å². The third kappa shape index (κ3) is 4.83. The Morgan fingerprint density at radius 2 is 2.00 bits per heavy atom. The molecule has 0 unspecified atom stereocenters. The summed E-state index contributed by atoms with van der Waals surface area (Å²) in [5.74, 6) is 1.10. The Morgan fingerprint density at radius 1 is 1.17 bits per heavy atom. The smallest absolute Gasteiger partial charge is 0.213 e. The lowest BCUT2D eigenvalue weighted by molar-refractivity contribution is 0.0157. The van der Waals surface area contributed by atoms with E-state index in [0.29, 0.717) is 29.4 Å². The SMILES string of the molecule is Cc1c(COc2cc(COCC3CCOCC3)ccn2)[nH]c2ccccc2c1=O. The van der Waals surface area contributed by atoms with Gasteiger partial charge in [-0.1, -0.05) is 12.1 Å². The van der Waals surface area contributed by atoms with Gasteiger partial charge < -0.3 is 19.2 Å². The molecule has 0 bridgehead atoms. The maximum atomic E-state index is 12.5. The van der Waals surface area contributed by atoms with E-state index in [2.05, 4.69) is 9.97 Å². The molecule has 1 aromatic carbocycles. The minimum atomic E-state index is 0.0289. The van der Waals surface area contributed by atoms with Crippen LogP contribution >= 0.6 is 0 Å². The van der Waals surface area contributed by atoms with E-state index in [-0.39, 0.29) is 12.0 Å². The second-order valence-electron chi connectivity index (χ2n) is 7.47. The highest BCUT2D eigenvalue weighted by Gasteiger charge is 2.14. The Kier molecular flexibility index (Phi) is 6.22. The van der Waals surface area contributed by atoms with Crippen LogP contribution in [0.2, 0.25) is 0 Å². The Labute approximate surface area is 169 Å². The van der Waals surface area contributed by atoms with E-state index in [1.54, 1.807) is 6.20 Å². The first-order valence-electron chi connectivity index (χ1n) is 10.0. The number of aromatic nitrogens is 2. The van der Waals surface area contributed by atoms with Crippen LogP contribution in [0.4, 0.5) is 0 Å². The summed E-state index contributed by atoms with van der Waals surface area (Å²) in [7, 11) is 0. The number of H-pyrrole nitrogens is 1. The van der Waals surface area contributed by atoms with Crippen molar-refractivity contribution in [2.75, 3.05) is 19.8 Å². The average Bonchev–Trinajstić information content (AvgIpc) is 2.76. The van der Waals surface area contributed by atoms with Gasteiger partial charge >= 0.3 is 0 Å². The summed E-state index contributed by atoms with van der Waals surface area (Å²) in [6, 6.07) is 11.3. The molecule has 3 aromatic rings. The molecule has 0 spiro atoms. The lowest BCUT2D eigenvalue weighted by Gasteiger charge is -2.21. The monoisotopic (exact) mass is 394 g/mol. The Bertz CT molecular complexity index is 1020. The molecule has 6 heteroatoms. The number of benzene rings is 1. The van der Waals surface area contributed by atoms with Crippen LogP contribution in [-0.2, 0) is 22.7 Å². The van der Waals surface area contributed by atoms with E-state index in [1.807, 2.05) is 43.3 Å². The zero-order chi connectivity index (χ0) is 20.1. The van der Waals surface area contributed by atoms with Gasteiger partial charge in [0.2, 0.25) is 5.88 Å². The van der Waals surface area contributed by atoms with Crippen molar-refractivity contribution in [2.45, 2.75) is 33.0 Å². The van der Waals surface area contributed by atoms with Gasteiger partial charge in [0.05, 0.1) is 18.9 Å². The van der Waals surface area contributed by atoms with Crippen molar-refractivity contribution in [1.82, 2.24) is 9.97 Å². The second kappa shape index (κ2) is 9.20. The van der Waals surface area contributed by atoms with Gasteiger partial charge in [-0.15, -0.1) is 0 Å². The lowest BCUT2D eigenvalue weighted by Crippen LogP contribution is -2.20. The fourth-order valence-corrected chi connectivity index (χ4v) is 3.55. The van der Waals surface area contributed by atoms with Crippen LogP contribution in [-0.4, -0.2) is 29.8 Å². The van der Waals surface area contributed by atoms with Gasteiger partial charge in [0.25, 0.3) is 0 Å².